The van der Waals surface area contributed by atoms with Gasteiger partial charge in [0.05, 0.1) is 0 Å². The highest BCUT2D eigenvalue weighted by atomic mass is 16.6. The molecule has 0 saturated heterocycles. The molecule has 70 valence electrons. The van der Waals surface area contributed by atoms with Crippen molar-refractivity contribution in [1.29, 1.82) is 0 Å². The number of hydrogen-bond donors (Lipinski definition) is 0. The molecule has 5 heteroatoms. The average Bonchev–Trinajstić information content (AvgIpc) is 1.80. The summed E-state index contributed by atoms with van der Waals surface area (Å²) in [5.41, 5.74) is 0. The topological polar surface area (TPSA) is 43.4 Å². The highest BCUT2D eigenvalue weighted by Crippen LogP contribution is 2.02. The van der Waals surface area contributed by atoms with Gasteiger partial charge in [0.2, 0.25) is 0 Å². The van der Waals surface area contributed by atoms with Crippen molar-refractivity contribution < 1.29 is 14.3 Å². The van der Waals surface area contributed by atoms with Crippen molar-refractivity contribution in [3.63, 3.8) is 0 Å². The highest BCUT2D eigenvalue weighted by molar-refractivity contribution is 6.78. The van der Waals surface area contributed by atoms with E-state index in [0.717, 1.165) is 0 Å². The fraction of sp³-hybridized carbons (Fsp3) is 0.750. The molecule has 0 heterocycles. The predicted octanol–water partition coefficient (Wildman–Crippen LogP) is 2.31. The molecule has 0 bridgehead atoms. The highest BCUT2D eigenvalue weighted by Gasteiger charge is 2.15. The molecule has 0 spiro atoms. The monoisotopic (exact) mass is 180 g/mol. The van der Waals surface area contributed by atoms with E-state index < -0.39 is 11.7 Å². The van der Waals surface area contributed by atoms with Crippen molar-refractivity contribution in [2.45, 2.75) is 39.3 Å². The van der Waals surface area contributed by atoms with Gasteiger partial charge in [-0.3, -0.25) is 9.59 Å². The average molecular weight is 180 g/mol. The number of hydrogen-bond acceptors (Lipinski definition) is 3. The molecule has 13 heavy (non-hydrogen) atoms. The van der Waals surface area contributed by atoms with Crippen molar-refractivity contribution >= 4 is 26.3 Å². The molecule has 0 aliphatic rings. The standard InChI is InChI=1S/C8H14B2O3/c1-5(2)9-7(11)13-8(12)10-6(3)4/h5-6H,1-4H3. The normalized spacial score (nSPS) is 10.0. The van der Waals surface area contributed by atoms with Crippen LogP contribution >= 0.6 is 0 Å². The van der Waals surface area contributed by atoms with Gasteiger partial charge in [-0.1, -0.05) is 39.3 Å². The van der Waals surface area contributed by atoms with E-state index in [1.807, 2.05) is 27.7 Å². The second-order valence-electron chi connectivity index (χ2n) is 3.56. The summed E-state index contributed by atoms with van der Waals surface area (Å²) in [4.78, 5) is 21.9. The van der Waals surface area contributed by atoms with E-state index in [1.54, 1.807) is 0 Å². The van der Waals surface area contributed by atoms with Crippen LogP contribution in [0.25, 0.3) is 0 Å². The van der Waals surface area contributed by atoms with E-state index in [4.69, 9.17) is 0 Å². The fourth-order valence-corrected chi connectivity index (χ4v) is 0.712. The maximum absolute atomic E-state index is 10.9. The number of carbonyl (C=O) groups is 2. The van der Waals surface area contributed by atoms with Gasteiger partial charge in [0.1, 0.15) is 0 Å². The van der Waals surface area contributed by atoms with Gasteiger partial charge < -0.3 is 4.74 Å². The summed E-state index contributed by atoms with van der Waals surface area (Å²) in [5, 5.41) is 0. The van der Waals surface area contributed by atoms with Gasteiger partial charge in [-0.2, -0.15) is 0 Å². The van der Waals surface area contributed by atoms with Gasteiger partial charge in [0.25, 0.3) is 26.3 Å². The smallest absolute Gasteiger partial charge is 0.264 e. The molecule has 0 N–H and O–H groups in total. The minimum absolute atomic E-state index is 0.0966. The van der Waals surface area contributed by atoms with Crippen LogP contribution in [0, 0.1) is 0 Å². The first kappa shape index (κ1) is 12.3. The van der Waals surface area contributed by atoms with E-state index in [-0.39, 0.29) is 11.6 Å². The molecule has 0 aliphatic heterocycles. The molecule has 0 aromatic rings. The lowest BCUT2D eigenvalue weighted by Crippen LogP contribution is -2.22. The summed E-state index contributed by atoms with van der Waals surface area (Å²) in [7, 11) is 2.73. The van der Waals surface area contributed by atoms with E-state index in [9.17, 15) is 9.59 Å². The zero-order valence-electron chi connectivity index (χ0n) is 8.53. The third-order valence-corrected chi connectivity index (χ3v) is 1.14. The Kier molecular flexibility index (Phi) is 5.51. The Morgan fingerprint density at radius 3 is 1.46 bits per heavy atom. The molecule has 2 radical (unpaired) electrons. The van der Waals surface area contributed by atoms with Crippen LogP contribution in [-0.4, -0.2) is 26.3 Å². The Balaban J connectivity index is 3.72. The maximum atomic E-state index is 10.9. The van der Waals surface area contributed by atoms with Crippen LogP contribution in [0.5, 0.6) is 0 Å². The summed E-state index contributed by atoms with van der Waals surface area (Å²) in [6.45, 7) is 7.38. The van der Waals surface area contributed by atoms with Crippen molar-refractivity contribution in [2.75, 3.05) is 0 Å². The molecule has 0 fully saturated rings. The second kappa shape index (κ2) is 5.84. The molecule has 0 saturated carbocycles. The van der Waals surface area contributed by atoms with Gasteiger partial charge in [0, 0.05) is 0 Å². The molecule has 3 nitrogen and oxygen atoms in total. The molecule has 0 aromatic carbocycles. The summed E-state index contributed by atoms with van der Waals surface area (Å²) >= 11 is 0. The Morgan fingerprint density at radius 1 is 0.923 bits per heavy atom. The van der Waals surface area contributed by atoms with Crippen LogP contribution < -0.4 is 0 Å². The van der Waals surface area contributed by atoms with Crippen LogP contribution in [0.15, 0.2) is 0 Å². The first-order valence-electron chi connectivity index (χ1n) is 4.37. The van der Waals surface area contributed by atoms with Crippen molar-refractivity contribution in [1.82, 2.24) is 0 Å². The number of rotatable bonds is 4. The molecule has 0 rings (SSSR count). The zero-order chi connectivity index (χ0) is 10.4. The van der Waals surface area contributed by atoms with Gasteiger partial charge >= 0.3 is 0 Å². The Morgan fingerprint density at radius 2 is 1.23 bits per heavy atom. The third kappa shape index (κ3) is 7.62. The SMILES string of the molecule is CC(C)[B]C(=O)OC(=O)[B]C(C)C. The minimum Gasteiger partial charge on any atom is -0.412 e. The Bertz CT molecular complexity index is 170. The molecule has 0 aliphatic carbocycles. The lowest BCUT2D eigenvalue weighted by atomic mass is 9.65. The zero-order valence-corrected chi connectivity index (χ0v) is 8.53. The van der Waals surface area contributed by atoms with Crippen molar-refractivity contribution in [2.24, 2.45) is 0 Å². The summed E-state index contributed by atoms with van der Waals surface area (Å²) in [6, 6.07) is 0. The van der Waals surface area contributed by atoms with Crippen LogP contribution in [0.4, 0.5) is 9.59 Å². The first-order valence-corrected chi connectivity index (χ1v) is 4.37. The van der Waals surface area contributed by atoms with E-state index in [2.05, 4.69) is 4.74 Å². The van der Waals surface area contributed by atoms with Crippen LogP contribution in [0.3, 0.4) is 0 Å². The van der Waals surface area contributed by atoms with Crippen LogP contribution in [-0.2, 0) is 4.74 Å². The summed E-state index contributed by atoms with van der Waals surface area (Å²) in [5.74, 6) is -0.951. The maximum Gasteiger partial charge on any atom is 0.264 e. The summed E-state index contributed by atoms with van der Waals surface area (Å²) < 4.78 is 4.48. The molecule has 0 unspecified atom stereocenters. The van der Waals surface area contributed by atoms with E-state index in [1.165, 1.54) is 14.6 Å². The number of carbonyl (C=O) groups excluding carboxylic acids is 2. The van der Waals surface area contributed by atoms with Crippen LogP contribution in [0.1, 0.15) is 27.7 Å². The van der Waals surface area contributed by atoms with Crippen molar-refractivity contribution in [3.8, 4) is 0 Å². The lowest BCUT2D eigenvalue weighted by molar-refractivity contribution is 0.183. The van der Waals surface area contributed by atoms with Crippen molar-refractivity contribution in [3.05, 3.63) is 0 Å². The molecule has 0 amide bonds. The van der Waals surface area contributed by atoms with Crippen LogP contribution in [0.2, 0.25) is 11.6 Å². The molecule has 0 atom stereocenters. The molecular formula is C8H14B2O3. The van der Waals surface area contributed by atoms with Gasteiger partial charge in [0.15, 0.2) is 0 Å². The lowest BCUT2D eigenvalue weighted by Gasteiger charge is -2.04. The molecular weight excluding hydrogens is 166 g/mol. The van der Waals surface area contributed by atoms with Gasteiger partial charge in [-0.05, 0) is 0 Å². The quantitative estimate of drug-likeness (QED) is 0.492. The van der Waals surface area contributed by atoms with E-state index in [0.29, 0.717) is 0 Å². The largest absolute Gasteiger partial charge is 0.412 e. The summed E-state index contributed by atoms with van der Waals surface area (Å²) in [6.07, 6.45) is 0. The third-order valence-electron chi connectivity index (χ3n) is 1.14. The Labute approximate surface area is 80.7 Å². The Hall–Kier alpha value is -0.730. The molecule has 0 aromatic heterocycles. The van der Waals surface area contributed by atoms with Gasteiger partial charge in [-0.15, -0.1) is 0 Å². The first-order chi connectivity index (χ1) is 5.91. The fourth-order valence-electron chi connectivity index (χ4n) is 0.712. The van der Waals surface area contributed by atoms with E-state index >= 15 is 0 Å². The second-order valence-corrected chi connectivity index (χ2v) is 3.56. The number of ether oxygens (including phenoxy) is 1. The minimum atomic E-state index is -0.572. The van der Waals surface area contributed by atoms with Gasteiger partial charge in [-0.25, -0.2) is 0 Å². The predicted molar refractivity (Wildman–Crippen MR) is 53.6 cm³/mol.